The molecular weight excluding hydrogens is 328 g/mol. The number of amides is 1. The summed E-state index contributed by atoms with van der Waals surface area (Å²) in [5, 5.41) is 3.34. The first-order valence-corrected chi connectivity index (χ1v) is 7.57. The number of carbonyl (C=O) groups is 1. The number of ether oxygens (including phenoxy) is 2. The number of hydrogen-bond acceptors (Lipinski definition) is 4. The molecule has 0 saturated carbocycles. The first-order valence-electron chi connectivity index (χ1n) is 7.57. The van der Waals surface area contributed by atoms with Gasteiger partial charge in [-0.3, -0.25) is 4.79 Å². The Morgan fingerprint density at radius 1 is 1.08 bits per heavy atom. The van der Waals surface area contributed by atoms with Crippen LogP contribution in [-0.4, -0.2) is 33.2 Å². The molecule has 24 heavy (non-hydrogen) atoms. The lowest BCUT2D eigenvalue weighted by atomic mass is 10.1. The van der Waals surface area contributed by atoms with E-state index in [1.807, 2.05) is 24.3 Å². The number of carbonyl (C=O) groups excluding carboxylic acids is 1. The van der Waals surface area contributed by atoms with Crippen molar-refractivity contribution in [2.75, 3.05) is 32.2 Å². The molecule has 0 bridgehead atoms. The molecule has 2 aromatic rings. The van der Waals surface area contributed by atoms with Crippen molar-refractivity contribution in [2.45, 2.75) is 6.54 Å². The molecule has 0 radical (unpaired) electrons. The summed E-state index contributed by atoms with van der Waals surface area (Å²) in [6.45, 7) is 2.11. The number of fused-ring (bicyclic) bond motifs is 1. The maximum atomic E-state index is 13.1. The van der Waals surface area contributed by atoms with Gasteiger partial charge in [0.25, 0.3) is 5.91 Å². The average molecular weight is 349 g/mol. The summed E-state index contributed by atoms with van der Waals surface area (Å²) in [6, 6.07) is 13.3. The zero-order chi connectivity index (χ0) is 16.2. The van der Waals surface area contributed by atoms with Gasteiger partial charge in [-0.1, -0.05) is 24.3 Å². The fraction of sp³-hybridized carbons (Fsp3) is 0.278. The molecule has 1 N–H and O–H groups in total. The van der Waals surface area contributed by atoms with Gasteiger partial charge in [-0.15, -0.1) is 12.4 Å². The van der Waals surface area contributed by atoms with Gasteiger partial charge < -0.3 is 19.7 Å². The molecule has 0 fully saturated rings. The van der Waals surface area contributed by atoms with Crippen LogP contribution in [0.25, 0.3) is 0 Å². The molecule has 0 unspecified atom stereocenters. The molecule has 0 aliphatic carbocycles. The Balaban J connectivity index is 0.00000208. The molecule has 0 atom stereocenters. The molecule has 1 aliphatic rings. The summed E-state index contributed by atoms with van der Waals surface area (Å²) in [5.41, 5.74) is 2.55. The smallest absolute Gasteiger partial charge is 0.262 e. The molecule has 0 spiro atoms. The summed E-state index contributed by atoms with van der Waals surface area (Å²) < 4.78 is 10.7. The second-order valence-corrected chi connectivity index (χ2v) is 5.30. The Labute approximate surface area is 148 Å². The predicted octanol–water partition coefficient (Wildman–Crippen LogP) is 2.88. The summed E-state index contributed by atoms with van der Waals surface area (Å²) >= 11 is 0. The van der Waals surface area contributed by atoms with E-state index in [0.29, 0.717) is 23.6 Å². The Hall–Kier alpha value is -2.24. The largest absolute Gasteiger partial charge is 0.493 e. The van der Waals surface area contributed by atoms with Crippen LogP contribution in [0, 0.1) is 0 Å². The van der Waals surface area contributed by atoms with Crippen LogP contribution in [0.1, 0.15) is 15.9 Å². The molecule has 1 aliphatic heterocycles. The predicted molar refractivity (Wildman–Crippen MR) is 96.6 cm³/mol. The highest BCUT2D eigenvalue weighted by atomic mass is 35.5. The van der Waals surface area contributed by atoms with E-state index >= 15 is 0 Å². The molecule has 5 nitrogen and oxygen atoms in total. The number of rotatable bonds is 3. The van der Waals surface area contributed by atoms with Crippen molar-refractivity contribution in [2.24, 2.45) is 0 Å². The zero-order valence-electron chi connectivity index (χ0n) is 13.7. The fourth-order valence-electron chi connectivity index (χ4n) is 2.87. The second kappa shape index (κ2) is 8.04. The van der Waals surface area contributed by atoms with E-state index in [9.17, 15) is 4.79 Å². The van der Waals surface area contributed by atoms with Crippen LogP contribution in [0.3, 0.4) is 0 Å². The van der Waals surface area contributed by atoms with E-state index in [-0.39, 0.29) is 18.3 Å². The van der Waals surface area contributed by atoms with Crippen molar-refractivity contribution in [1.82, 2.24) is 5.32 Å². The normalized spacial score (nSPS) is 13.3. The van der Waals surface area contributed by atoms with Crippen LogP contribution in [0.15, 0.2) is 42.5 Å². The van der Waals surface area contributed by atoms with Crippen molar-refractivity contribution in [3.63, 3.8) is 0 Å². The number of nitrogens with zero attached hydrogens (tertiary/aromatic N) is 1. The SMILES string of the molecule is COc1cccc(C(=O)N2CCNCc3ccccc32)c1OC.Cl. The van der Waals surface area contributed by atoms with Gasteiger partial charge in [0, 0.05) is 25.3 Å². The minimum atomic E-state index is -0.0862. The molecule has 2 aromatic carbocycles. The quantitative estimate of drug-likeness (QED) is 0.926. The third-order valence-corrected chi connectivity index (χ3v) is 3.99. The van der Waals surface area contributed by atoms with Crippen molar-refractivity contribution in [3.05, 3.63) is 53.6 Å². The Morgan fingerprint density at radius 3 is 2.62 bits per heavy atom. The van der Waals surface area contributed by atoms with Gasteiger partial charge in [-0.2, -0.15) is 0 Å². The zero-order valence-corrected chi connectivity index (χ0v) is 14.6. The van der Waals surface area contributed by atoms with E-state index < -0.39 is 0 Å². The number of para-hydroxylation sites is 2. The van der Waals surface area contributed by atoms with Gasteiger partial charge in [0.15, 0.2) is 11.5 Å². The lowest BCUT2D eigenvalue weighted by molar-refractivity contribution is 0.0984. The van der Waals surface area contributed by atoms with E-state index in [1.54, 1.807) is 37.3 Å². The molecule has 0 aromatic heterocycles. The van der Waals surface area contributed by atoms with Crippen LogP contribution in [0.4, 0.5) is 5.69 Å². The Morgan fingerprint density at radius 2 is 1.88 bits per heavy atom. The Bertz CT molecular complexity index is 721. The number of anilines is 1. The monoisotopic (exact) mass is 348 g/mol. The number of benzene rings is 2. The van der Waals surface area contributed by atoms with E-state index in [4.69, 9.17) is 9.47 Å². The molecule has 0 saturated heterocycles. The lowest BCUT2D eigenvalue weighted by Crippen LogP contribution is -2.35. The molecule has 1 amide bonds. The van der Waals surface area contributed by atoms with Gasteiger partial charge >= 0.3 is 0 Å². The lowest BCUT2D eigenvalue weighted by Gasteiger charge is -2.24. The summed E-state index contributed by atoms with van der Waals surface area (Å²) in [6.07, 6.45) is 0. The minimum Gasteiger partial charge on any atom is -0.493 e. The van der Waals surface area contributed by atoms with Crippen LogP contribution >= 0.6 is 12.4 Å². The average Bonchev–Trinajstić information content (AvgIpc) is 2.82. The summed E-state index contributed by atoms with van der Waals surface area (Å²) in [7, 11) is 3.11. The van der Waals surface area contributed by atoms with Gasteiger partial charge in [0.05, 0.1) is 19.8 Å². The summed E-state index contributed by atoms with van der Waals surface area (Å²) in [5.74, 6) is 0.936. The van der Waals surface area contributed by atoms with E-state index in [2.05, 4.69) is 5.32 Å². The van der Waals surface area contributed by atoms with Gasteiger partial charge in [0.1, 0.15) is 0 Å². The number of hydrogen-bond donors (Lipinski definition) is 1. The molecule has 1 heterocycles. The Kier molecular flexibility index (Phi) is 6.06. The first-order chi connectivity index (χ1) is 11.3. The van der Waals surface area contributed by atoms with Crippen molar-refractivity contribution < 1.29 is 14.3 Å². The first kappa shape index (κ1) is 18.1. The van der Waals surface area contributed by atoms with Gasteiger partial charge in [0.2, 0.25) is 0 Å². The highest BCUT2D eigenvalue weighted by molar-refractivity contribution is 6.08. The minimum absolute atomic E-state index is 0. The van der Waals surface area contributed by atoms with E-state index in [1.165, 1.54) is 0 Å². The highest BCUT2D eigenvalue weighted by Gasteiger charge is 2.25. The second-order valence-electron chi connectivity index (χ2n) is 5.30. The maximum Gasteiger partial charge on any atom is 0.262 e. The highest BCUT2D eigenvalue weighted by Crippen LogP contribution is 2.33. The number of methoxy groups -OCH3 is 2. The molecule has 128 valence electrons. The fourth-order valence-corrected chi connectivity index (χ4v) is 2.87. The van der Waals surface area contributed by atoms with Crippen LogP contribution < -0.4 is 19.7 Å². The summed E-state index contributed by atoms with van der Waals surface area (Å²) in [4.78, 5) is 14.9. The van der Waals surface area contributed by atoms with Crippen molar-refractivity contribution >= 4 is 24.0 Å². The molecular formula is C18H21ClN2O3. The van der Waals surface area contributed by atoms with Crippen molar-refractivity contribution in [1.29, 1.82) is 0 Å². The van der Waals surface area contributed by atoms with Crippen LogP contribution in [-0.2, 0) is 6.54 Å². The third-order valence-electron chi connectivity index (χ3n) is 3.99. The molecule has 3 rings (SSSR count). The standard InChI is InChI=1S/C18H20N2O3.ClH/c1-22-16-9-5-7-14(17(16)23-2)18(21)20-11-10-19-12-13-6-3-4-8-15(13)20;/h3-9,19H,10-12H2,1-2H3;1H. The third kappa shape index (κ3) is 3.32. The molecule has 6 heteroatoms. The number of halogens is 1. The topological polar surface area (TPSA) is 50.8 Å². The van der Waals surface area contributed by atoms with Crippen LogP contribution in [0.2, 0.25) is 0 Å². The van der Waals surface area contributed by atoms with Crippen molar-refractivity contribution in [3.8, 4) is 11.5 Å². The van der Waals surface area contributed by atoms with Gasteiger partial charge in [-0.05, 0) is 23.8 Å². The maximum absolute atomic E-state index is 13.1. The van der Waals surface area contributed by atoms with Crippen LogP contribution in [0.5, 0.6) is 11.5 Å². The van der Waals surface area contributed by atoms with Gasteiger partial charge in [-0.25, -0.2) is 0 Å². The van der Waals surface area contributed by atoms with E-state index in [0.717, 1.165) is 24.3 Å². The number of nitrogens with one attached hydrogen (secondary N) is 1.